The van der Waals surface area contributed by atoms with Crippen molar-refractivity contribution < 1.29 is 23.4 Å². The van der Waals surface area contributed by atoms with E-state index in [9.17, 15) is 9.18 Å². The largest absolute Gasteiger partial charge is 0.497 e. The van der Waals surface area contributed by atoms with Crippen molar-refractivity contribution in [1.29, 1.82) is 0 Å². The number of halogens is 1. The topological polar surface area (TPSA) is 44.8 Å². The molecule has 0 aliphatic rings. The van der Waals surface area contributed by atoms with E-state index in [2.05, 4.69) is 0 Å². The maximum atomic E-state index is 14.0. The molecular weight excluding hydrogens is 275 g/mol. The first-order chi connectivity index (χ1) is 10.1. The Bertz CT molecular complexity index is 645. The molecule has 4 nitrogen and oxygen atoms in total. The number of benzene rings is 2. The molecular formula is C16H15FO4. The molecule has 110 valence electrons. The molecule has 0 unspecified atom stereocenters. The van der Waals surface area contributed by atoms with Gasteiger partial charge in [0.15, 0.2) is 5.78 Å². The van der Waals surface area contributed by atoms with Gasteiger partial charge in [-0.15, -0.1) is 0 Å². The van der Waals surface area contributed by atoms with Crippen LogP contribution in [-0.2, 0) is 0 Å². The van der Waals surface area contributed by atoms with Crippen LogP contribution in [-0.4, -0.2) is 27.1 Å². The second kappa shape index (κ2) is 6.26. The summed E-state index contributed by atoms with van der Waals surface area (Å²) in [5, 5.41) is 0. The number of ketones is 1. The zero-order valence-electron chi connectivity index (χ0n) is 12.0. The van der Waals surface area contributed by atoms with Gasteiger partial charge in [0.2, 0.25) is 0 Å². The minimum Gasteiger partial charge on any atom is -0.497 e. The molecule has 0 bridgehead atoms. The van der Waals surface area contributed by atoms with Gasteiger partial charge >= 0.3 is 0 Å². The summed E-state index contributed by atoms with van der Waals surface area (Å²) in [6.07, 6.45) is 0. The van der Waals surface area contributed by atoms with Gasteiger partial charge in [-0.3, -0.25) is 4.79 Å². The summed E-state index contributed by atoms with van der Waals surface area (Å²) >= 11 is 0. The van der Waals surface area contributed by atoms with Gasteiger partial charge in [-0.05, 0) is 24.3 Å². The van der Waals surface area contributed by atoms with Crippen LogP contribution in [0, 0.1) is 5.82 Å². The van der Waals surface area contributed by atoms with Gasteiger partial charge in [-0.25, -0.2) is 4.39 Å². The predicted molar refractivity (Wildman–Crippen MR) is 75.9 cm³/mol. The van der Waals surface area contributed by atoms with Crippen LogP contribution in [0.25, 0.3) is 0 Å². The highest BCUT2D eigenvalue weighted by Gasteiger charge is 2.20. The summed E-state index contributed by atoms with van der Waals surface area (Å²) in [6.45, 7) is 0. The van der Waals surface area contributed by atoms with Crippen LogP contribution in [0.3, 0.4) is 0 Å². The maximum absolute atomic E-state index is 14.0. The number of hydrogen-bond acceptors (Lipinski definition) is 4. The van der Waals surface area contributed by atoms with E-state index >= 15 is 0 Å². The summed E-state index contributed by atoms with van der Waals surface area (Å²) < 4.78 is 29.3. The first-order valence-electron chi connectivity index (χ1n) is 6.21. The van der Waals surface area contributed by atoms with Crippen molar-refractivity contribution in [3.05, 3.63) is 53.3 Å². The maximum Gasteiger partial charge on any atom is 0.199 e. The second-order valence-corrected chi connectivity index (χ2v) is 4.25. The first-order valence-corrected chi connectivity index (χ1v) is 6.21. The third-order valence-corrected chi connectivity index (χ3v) is 3.04. The summed E-state index contributed by atoms with van der Waals surface area (Å²) in [7, 11) is 4.34. The van der Waals surface area contributed by atoms with Gasteiger partial charge in [0.05, 0.1) is 21.3 Å². The number of methoxy groups -OCH3 is 3. The van der Waals surface area contributed by atoms with E-state index in [1.54, 1.807) is 6.07 Å². The normalized spacial score (nSPS) is 10.1. The third kappa shape index (κ3) is 2.97. The van der Waals surface area contributed by atoms with Crippen molar-refractivity contribution in [2.24, 2.45) is 0 Å². The van der Waals surface area contributed by atoms with E-state index in [4.69, 9.17) is 14.2 Å². The summed E-state index contributed by atoms with van der Waals surface area (Å²) in [5.74, 6) is -0.0499. The highest BCUT2D eigenvalue weighted by atomic mass is 19.1. The van der Waals surface area contributed by atoms with Crippen molar-refractivity contribution in [2.45, 2.75) is 0 Å². The van der Waals surface area contributed by atoms with Crippen LogP contribution in [0.15, 0.2) is 36.4 Å². The van der Waals surface area contributed by atoms with Gasteiger partial charge in [-0.1, -0.05) is 6.07 Å². The van der Waals surface area contributed by atoms with E-state index < -0.39 is 11.6 Å². The average Bonchev–Trinajstić information content (AvgIpc) is 2.53. The van der Waals surface area contributed by atoms with E-state index in [1.165, 1.54) is 51.7 Å². The average molecular weight is 290 g/mol. The Hall–Kier alpha value is -2.56. The van der Waals surface area contributed by atoms with Crippen molar-refractivity contribution in [3.63, 3.8) is 0 Å². The van der Waals surface area contributed by atoms with Gasteiger partial charge in [0, 0.05) is 11.6 Å². The zero-order valence-corrected chi connectivity index (χ0v) is 12.0. The molecule has 0 fully saturated rings. The molecule has 0 N–H and O–H groups in total. The Balaban J connectivity index is 2.54. The van der Waals surface area contributed by atoms with E-state index in [0.29, 0.717) is 11.5 Å². The number of carbonyl (C=O) groups is 1. The van der Waals surface area contributed by atoms with Crippen LogP contribution < -0.4 is 14.2 Å². The summed E-state index contributed by atoms with van der Waals surface area (Å²) in [6, 6.07) is 8.92. The fourth-order valence-corrected chi connectivity index (χ4v) is 1.98. The Morgan fingerprint density at radius 2 is 1.57 bits per heavy atom. The monoisotopic (exact) mass is 290 g/mol. The molecule has 5 heteroatoms. The van der Waals surface area contributed by atoms with Crippen LogP contribution in [0.5, 0.6) is 17.2 Å². The Labute approximate surface area is 122 Å². The van der Waals surface area contributed by atoms with Crippen LogP contribution in [0.1, 0.15) is 15.9 Å². The number of hydrogen-bond donors (Lipinski definition) is 0. The molecule has 0 heterocycles. The van der Waals surface area contributed by atoms with Crippen molar-refractivity contribution in [1.82, 2.24) is 0 Å². The van der Waals surface area contributed by atoms with Crippen molar-refractivity contribution in [2.75, 3.05) is 21.3 Å². The zero-order chi connectivity index (χ0) is 15.4. The molecule has 2 aromatic rings. The van der Waals surface area contributed by atoms with Gasteiger partial charge < -0.3 is 14.2 Å². The SMILES string of the molecule is COc1cc(OC)cc(C(=O)c2c(F)cccc2OC)c1. The minimum absolute atomic E-state index is 0.115. The second-order valence-electron chi connectivity index (χ2n) is 4.25. The van der Waals surface area contributed by atoms with E-state index in [1.807, 2.05) is 0 Å². The molecule has 0 atom stereocenters. The lowest BCUT2D eigenvalue weighted by molar-refractivity contribution is 0.103. The Morgan fingerprint density at radius 1 is 0.952 bits per heavy atom. The van der Waals surface area contributed by atoms with Gasteiger partial charge in [0.25, 0.3) is 0 Å². The van der Waals surface area contributed by atoms with Crippen molar-refractivity contribution >= 4 is 5.78 Å². The fraction of sp³-hybridized carbons (Fsp3) is 0.188. The van der Waals surface area contributed by atoms with Crippen LogP contribution in [0.2, 0.25) is 0 Å². The number of rotatable bonds is 5. The highest BCUT2D eigenvalue weighted by molar-refractivity contribution is 6.11. The van der Waals surface area contributed by atoms with E-state index in [-0.39, 0.29) is 16.9 Å². The minimum atomic E-state index is -0.638. The fourth-order valence-electron chi connectivity index (χ4n) is 1.98. The molecule has 0 aliphatic carbocycles. The molecule has 2 rings (SSSR count). The lowest BCUT2D eigenvalue weighted by Crippen LogP contribution is -2.07. The molecule has 0 spiro atoms. The Kier molecular flexibility index (Phi) is 4.42. The van der Waals surface area contributed by atoms with Crippen LogP contribution >= 0.6 is 0 Å². The molecule has 0 saturated carbocycles. The number of ether oxygens (including phenoxy) is 3. The van der Waals surface area contributed by atoms with Crippen molar-refractivity contribution in [3.8, 4) is 17.2 Å². The summed E-state index contributed by atoms with van der Waals surface area (Å²) in [5.41, 5.74) is 0.143. The molecule has 0 saturated heterocycles. The quantitative estimate of drug-likeness (QED) is 0.794. The Morgan fingerprint density at radius 3 is 2.10 bits per heavy atom. The molecule has 0 aliphatic heterocycles. The standard InChI is InChI=1S/C16H15FO4/c1-19-11-7-10(8-12(9-11)20-2)16(18)15-13(17)5-4-6-14(15)21-3/h4-9H,1-3H3. The lowest BCUT2D eigenvalue weighted by atomic mass is 10.0. The lowest BCUT2D eigenvalue weighted by Gasteiger charge is -2.11. The molecule has 21 heavy (non-hydrogen) atoms. The highest BCUT2D eigenvalue weighted by Crippen LogP contribution is 2.28. The smallest absolute Gasteiger partial charge is 0.199 e. The first kappa shape index (κ1) is 14.8. The third-order valence-electron chi connectivity index (χ3n) is 3.04. The molecule has 0 radical (unpaired) electrons. The molecule has 0 amide bonds. The predicted octanol–water partition coefficient (Wildman–Crippen LogP) is 3.08. The van der Waals surface area contributed by atoms with Crippen LogP contribution in [0.4, 0.5) is 4.39 Å². The van der Waals surface area contributed by atoms with Gasteiger partial charge in [0.1, 0.15) is 28.6 Å². The molecule has 2 aromatic carbocycles. The van der Waals surface area contributed by atoms with Gasteiger partial charge in [-0.2, -0.15) is 0 Å². The number of carbonyl (C=O) groups excluding carboxylic acids is 1. The van der Waals surface area contributed by atoms with E-state index in [0.717, 1.165) is 0 Å². The summed E-state index contributed by atoms with van der Waals surface area (Å²) in [4.78, 5) is 12.6. The molecule has 0 aromatic heterocycles.